The van der Waals surface area contributed by atoms with E-state index < -0.39 is 19.0 Å². The number of carboxylic acids is 1. The first kappa shape index (κ1) is 23.5. The topological polar surface area (TPSA) is 59.7 Å². The van der Waals surface area contributed by atoms with Crippen LogP contribution in [0.1, 0.15) is 50.5 Å². The minimum Gasteiger partial charge on any atom is -0.487 e. The molecule has 0 saturated heterocycles. The largest absolute Gasteiger partial charge is 0.487 e. The van der Waals surface area contributed by atoms with E-state index in [1.165, 1.54) is 0 Å². The van der Waals surface area contributed by atoms with E-state index in [-0.39, 0.29) is 0 Å². The summed E-state index contributed by atoms with van der Waals surface area (Å²) < 4.78 is 37.8. The number of hydrogen-bond donors (Lipinski definition) is 1. The van der Waals surface area contributed by atoms with Crippen LogP contribution in [0.15, 0.2) is 46.9 Å². The SMILES string of the molecule is CCCc1cc(CCC)c(OCC(F)F)c(-c2cccc3cc(C(C)=CC(=O)O)oc23)c1. The summed E-state index contributed by atoms with van der Waals surface area (Å²) in [5, 5.41) is 9.86. The Bertz CT molecular complexity index is 1130. The molecule has 32 heavy (non-hydrogen) atoms. The van der Waals surface area contributed by atoms with Crippen LogP contribution in [0.4, 0.5) is 8.78 Å². The minimum atomic E-state index is -2.58. The number of ether oxygens (including phenoxy) is 1. The van der Waals surface area contributed by atoms with Gasteiger partial charge in [-0.25, -0.2) is 13.6 Å². The van der Waals surface area contributed by atoms with Gasteiger partial charge in [-0.05, 0) is 48.6 Å². The van der Waals surface area contributed by atoms with Crippen LogP contribution in [0.3, 0.4) is 0 Å². The maximum absolute atomic E-state index is 13.0. The van der Waals surface area contributed by atoms with Crippen LogP contribution in [0.5, 0.6) is 5.75 Å². The smallest absolute Gasteiger partial charge is 0.328 e. The minimum absolute atomic E-state index is 0.448. The van der Waals surface area contributed by atoms with Gasteiger partial charge in [-0.1, -0.05) is 51.0 Å². The number of hydrogen-bond acceptors (Lipinski definition) is 3. The zero-order valence-electron chi connectivity index (χ0n) is 18.6. The van der Waals surface area contributed by atoms with Gasteiger partial charge in [0.05, 0.1) is 0 Å². The highest BCUT2D eigenvalue weighted by Gasteiger charge is 2.19. The average molecular weight is 443 g/mol. The number of fused-ring (bicyclic) bond motifs is 1. The number of alkyl halides is 2. The van der Waals surface area contributed by atoms with E-state index in [0.29, 0.717) is 34.7 Å². The number of allylic oxidation sites excluding steroid dienone is 1. The van der Waals surface area contributed by atoms with Gasteiger partial charge >= 0.3 is 5.97 Å². The third kappa shape index (κ3) is 5.36. The van der Waals surface area contributed by atoms with Crippen LogP contribution in [-0.2, 0) is 17.6 Å². The van der Waals surface area contributed by atoms with Gasteiger partial charge in [0.1, 0.15) is 23.7 Å². The second-order valence-electron chi connectivity index (χ2n) is 7.83. The van der Waals surface area contributed by atoms with Crippen molar-refractivity contribution in [2.24, 2.45) is 0 Å². The van der Waals surface area contributed by atoms with Crippen LogP contribution in [0, 0.1) is 0 Å². The third-order valence-corrected chi connectivity index (χ3v) is 5.20. The van der Waals surface area contributed by atoms with Gasteiger partial charge in [0.25, 0.3) is 6.43 Å². The molecule has 0 bridgehead atoms. The number of furan rings is 1. The molecule has 0 saturated carbocycles. The Balaban J connectivity index is 2.24. The van der Waals surface area contributed by atoms with Gasteiger partial charge in [0.2, 0.25) is 0 Å². The summed E-state index contributed by atoms with van der Waals surface area (Å²) in [6.45, 7) is 5.12. The maximum atomic E-state index is 13.0. The third-order valence-electron chi connectivity index (χ3n) is 5.20. The number of benzene rings is 2. The predicted molar refractivity (Wildman–Crippen MR) is 122 cm³/mol. The molecule has 1 N–H and O–H groups in total. The Morgan fingerprint density at radius 2 is 1.88 bits per heavy atom. The van der Waals surface area contributed by atoms with Crippen LogP contribution in [0.2, 0.25) is 0 Å². The van der Waals surface area contributed by atoms with E-state index in [4.69, 9.17) is 14.3 Å². The molecule has 4 nitrogen and oxygen atoms in total. The van der Waals surface area contributed by atoms with Crippen LogP contribution < -0.4 is 4.74 Å². The van der Waals surface area contributed by atoms with Crippen molar-refractivity contribution >= 4 is 22.5 Å². The highest BCUT2D eigenvalue weighted by Crippen LogP contribution is 2.41. The molecule has 6 heteroatoms. The van der Waals surface area contributed by atoms with Crippen molar-refractivity contribution in [3.05, 3.63) is 59.4 Å². The molecule has 0 aliphatic carbocycles. The van der Waals surface area contributed by atoms with Crippen LogP contribution in [-0.4, -0.2) is 24.1 Å². The van der Waals surface area contributed by atoms with E-state index in [2.05, 4.69) is 6.92 Å². The van der Waals surface area contributed by atoms with E-state index in [9.17, 15) is 13.6 Å². The molecule has 1 aromatic heterocycles. The molecule has 3 aromatic rings. The zero-order chi connectivity index (χ0) is 23.3. The molecular formula is C26H28F2O4. The van der Waals surface area contributed by atoms with Gasteiger partial charge < -0.3 is 14.3 Å². The van der Waals surface area contributed by atoms with Crippen LogP contribution in [0.25, 0.3) is 27.7 Å². The Kier molecular flexibility index (Phi) is 7.67. The fourth-order valence-electron chi connectivity index (χ4n) is 3.89. The van der Waals surface area contributed by atoms with Gasteiger partial charge in [0.15, 0.2) is 0 Å². The number of rotatable bonds is 10. The lowest BCUT2D eigenvalue weighted by atomic mass is 9.93. The standard InChI is InChI=1S/C26H28F2O4/c1-4-7-17-12-18(8-5-2)25(31-15-23(27)28)21(13-17)20-10-6-9-19-14-22(32-26(19)20)16(3)11-24(29)30/h6,9-14,23H,4-5,7-8,15H2,1-3H3,(H,29,30). The van der Waals surface area contributed by atoms with Crippen molar-refractivity contribution in [2.45, 2.75) is 52.9 Å². The molecule has 2 aromatic carbocycles. The Morgan fingerprint density at radius 1 is 1.12 bits per heavy atom. The van der Waals surface area contributed by atoms with E-state index >= 15 is 0 Å². The monoisotopic (exact) mass is 442 g/mol. The average Bonchev–Trinajstić information content (AvgIpc) is 3.17. The second kappa shape index (κ2) is 10.4. The predicted octanol–water partition coefficient (Wildman–Crippen LogP) is 7.14. The van der Waals surface area contributed by atoms with Gasteiger partial charge in [-0.15, -0.1) is 0 Å². The number of carboxylic acid groups (broad SMARTS) is 1. The highest BCUT2D eigenvalue weighted by molar-refractivity contribution is 5.97. The summed E-state index contributed by atoms with van der Waals surface area (Å²) in [7, 11) is 0. The molecule has 0 aliphatic heterocycles. The lowest BCUT2D eigenvalue weighted by Gasteiger charge is -2.18. The first-order valence-electron chi connectivity index (χ1n) is 10.8. The first-order valence-corrected chi connectivity index (χ1v) is 10.8. The van der Waals surface area contributed by atoms with Crippen molar-refractivity contribution in [2.75, 3.05) is 6.61 Å². The van der Waals surface area contributed by atoms with Gasteiger partial charge in [0, 0.05) is 22.6 Å². The molecule has 0 amide bonds. The number of halogens is 2. The summed E-state index contributed by atoms with van der Waals surface area (Å²) in [5.74, 6) is -0.152. The molecule has 0 unspecified atom stereocenters. The molecule has 1 heterocycles. The Morgan fingerprint density at radius 3 is 2.53 bits per heavy atom. The number of para-hydroxylation sites is 1. The summed E-state index contributed by atoms with van der Waals surface area (Å²) >= 11 is 0. The summed E-state index contributed by atoms with van der Waals surface area (Å²) in [4.78, 5) is 11.1. The summed E-state index contributed by atoms with van der Waals surface area (Å²) in [6.07, 6.45) is 1.89. The number of carbonyl (C=O) groups is 1. The first-order chi connectivity index (χ1) is 15.3. The molecule has 0 fully saturated rings. The quantitative estimate of drug-likeness (QED) is 0.339. The highest BCUT2D eigenvalue weighted by atomic mass is 19.3. The molecular weight excluding hydrogens is 414 g/mol. The summed E-state index contributed by atoms with van der Waals surface area (Å²) in [6, 6.07) is 11.4. The fourth-order valence-corrected chi connectivity index (χ4v) is 3.89. The summed E-state index contributed by atoms with van der Waals surface area (Å²) in [5.41, 5.74) is 4.52. The van der Waals surface area contributed by atoms with Gasteiger partial charge in [-0.3, -0.25) is 0 Å². The van der Waals surface area contributed by atoms with E-state index in [1.54, 1.807) is 13.0 Å². The van der Waals surface area contributed by atoms with E-state index in [1.807, 2.05) is 37.3 Å². The normalized spacial score (nSPS) is 12.0. The molecule has 0 atom stereocenters. The van der Waals surface area contributed by atoms with Crippen LogP contribution >= 0.6 is 0 Å². The molecule has 0 aliphatic rings. The molecule has 170 valence electrons. The van der Waals surface area contributed by atoms with Crippen molar-refractivity contribution in [3.63, 3.8) is 0 Å². The van der Waals surface area contributed by atoms with Gasteiger partial charge in [-0.2, -0.15) is 0 Å². The Labute approximate surface area is 186 Å². The van der Waals surface area contributed by atoms with Crippen molar-refractivity contribution in [1.29, 1.82) is 0 Å². The van der Waals surface area contributed by atoms with E-state index in [0.717, 1.165) is 47.4 Å². The number of aliphatic carboxylic acids is 1. The van der Waals surface area contributed by atoms with Crippen molar-refractivity contribution in [3.8, 4) is 16.9 Å². The molecule has 0 spiro atoms. The van der Waals surface area contributed by atoms with Crippen molar-refractivity contribution < 1.29 is 27.8 Å². The Hall–Kier alpha value is -3.15. The lowest BCUT2D eigenvalue weighted by Crippen LogP contribution is -2.10. The fraction of sp³-hybridized carbons (Fsp3) is 0.346. The zero-order valence-corrected chi connectivity index (χ0v) is 18.6. The number of aryl methyl sites for hydroxylation is 2. The molecule has 0 radical (unpaired) electrons. The second-order valence-corrected chi connectivity index (χ2v) is 7.83. The van der Waals surface area contributed by atoms with Crippen molar-refractivity contribution in [1.82, 2.24) is 0 Å². The lowest BCUT2D eigenvalue weighted by molar-refractivity contribution is -0.131. The molecule has 3 rings (SSSR count). The maximum Gasteiger partial charge on any atom is 0.328 e.